The van der Waals surface area contributed by atoms with E-state index in [1.165, 1.54) is 5.56 Å². The molecule has 3 nitrogen and oxygen atoms in total. The molecule has 0 aliphatic carbocycles. The van der Waals surface area contributed by atoms with Gasteiger partial charge in [0.1, 0.15) is 11.5 Å². The monoisotopic (exact) mass is 256 g/mol. The maximum atomic E-state index is 9.02. The molecular weight excluding hydrogens is 239 g/mol. The van der Waals surface area contributed by atoms with Gasteiger partial charge in [0, 0.05) is 0 Å². The van der Waals surface area contributed by atoms with Crippen LogP contribution in [0.25, 0.3) is 0 Å². The van der Waals surface area contributed by atoms with Crippen LogP contribution < -0.4 is 10.2 Å². The molecule has 19 heavy (non-hydrogen) atoms. The molecule has 2 aromatic carbocycles. The SMILES string of the molecule is CC(C)c1cccc(Oc2ccc(B(O)O)cc2)c1. The fourth-order valence-electron chi connectivity index (χ4n) is 1.78. The van der Waals surface area contributed by atoms with Crippen LogP contribution in [-0.4, -0.2) is 17.2 Å². The van der Waals surface area contributed by atoms with Gasteiger partial charge in [0.05, 0.1) is 0 Å². The summed E-state index contributed by atoms with van der Waals surface area (Å²) in [6, 6.07) is 14.7. The van der Waals surface area contributed by atoms with Crippen LogP contribution >= 0.6 is 0 Å². The van der Waals surface area contributed by atoms with Crippen molar-refractivity contribution in [2.45, 2.75) is 19.8 Å². The minimum absolute atomic E-state index is 0.447. The average molecular weight is 256 g/mol. The minimum atomic E-state index is -1.45. The van der Waals surface area contributed by atoms with Gasteiger partial charge in [0.25, 0.3) is 0 Å². The van der Waals surface area contributed by atoms with E-state index in [0.29, 0.717) is 17.1 Å². The Morgan fingerprint density at radius 2 is 1.63 bits per heavy atom. The van der Waals surface area contributed by atoms with Crippen LogP contribution in [0.15, 0.2) is 48.5 Å². The first-order valence-corrected chi connectivity index (χ1v) is 6.30. The molecule has 0 radical (unpaired) electrons. The zero-order chi connectivity index (χ0) is 13.8. The number of benzene rings is 2. The van der Waals surface area contributed by atoms with Gasteiger partial charge >= 0.3 is 7.12 Å². The van der Waals surface area contributed by atoms with Crippen molar-refractivity contribution in [3.8, 4) is 11.5 Å². The Balaban J connectivity index is 2.14. The van der Waals surface area contributed by atoms with Crippen molar-refractivity contribution < 1.29 is 14.8 Å². The number of rotatable bonds is 4. The Kier molecular flexibility index (Phi) is 4.25. The maximum Gasteiger partial charge on any atom is 0.488 e. The summed E-state index contributed by atoms with van der Waals surface area (Å²) in [6.45, 7) is 4.27. The van der Waals surface area contributed by atoms with E-state index in [-0.39, 0.29) is 0 Å². The highest BCUT2D eigenvalue weighted by atomic mass is 16.5. The molecule has 0 fully saturated rings. The molecule has 2 N–H and O–H groups in total. The van der Waals surface area contributed by atoms with E-state index in [4.69, 9.17) is 14.8 Å². The molecule has 0 atom stereocenters. The van der Waals surface area contributed by atoms with Crippen molar-refractivity contribution in [1.29, 1.82) is 0 Å². The number of ether oxygens (including phenoxy) is 1. The molecule has 2 aromatic rings. The number of hydrogen-bond acceptors (Lipinski definition) is 3. The zero-order valence-corrected chi connectivity index (χ0v) is 11.1. The third kappa shape index (κ3) is 3.59. The topological polar surface area (TPSA) is 49.7 Å². The van der Waals surface area contributed by atoms with E-state index >= 15 is 0 Å². The van der Waals surface area contributed by atoms with E-state index < -0.39 is 7.12 Å². The summed E-state index contributed by atoms with van der Waals surface area (Å²) in [5.41, 5.74) is 1.67. The molecule has 0 saturated carbocycles. The Labute approximate surface area is 113 Å². The van der Waals surface area contributed by atoms with E-state index in [1.54, 1.807) is 24.3 Å². The van der Waals surface area contributed by atoms with Gasteiger partial charge in [-0.05, 0) is 41.2 Å². The van der Waals surface area contributed by atoms with Crippen molar-refractivity contribution in [3.05, 3.63) is 54.1 Å². The summed E-state index contributed by atoms with van der Waals surface area (Å²) in [7, 11) is -1.45. The van der Waals surface area contributed by atoms with Crippen LogP contribution in [0.3, 0.4) is 0 Å². The molecule has 0 heterocycles. The summed E-state index contributed by atoms with van der Waals surface area (Å²) in [5, 5.41) is 18.0. The highest BCUT2D eigenvalue weighted by Crippen LogP contribution is 2.24. The molecule has 0 bridgehead atoms. The third-order valence-electron chi connectivity index (χ3n) is 2.94. The van der Waals surface area contributed by atoms with Crippen molar-refractivity contribution in [1.82, 2.24) is 0 Å². The van der Waals surface area contributed by atoms with Crippen LogP contribution in [0.1, 0.15) is 25.3 Å². The normalized spacial score (nSPS) is 10.6. The lowest BCUT2D eigenvalue weighted by Gasteiger charge is -2.10. The van der Waals surface area contributed by atoms with Gasteiger partial charge in [-0.25, -0.2) is 0 Å². The highest BCUT2D eigenvalue weighted by Gasteiger charge is 2.10. The molecule has 0 amide bonds. The van der Waals surface area contributed by atoms with Gasteiger partial charge in [-0.3, -0.25) is 0 Å². The molecule has 0 aliphatic rings. The second-order valence-corrected chi connectivity index (χ2v) is 4.77. The second kappa shape index (κ2) is 5.91. The summed E-state index contributed by atoms with van der Waals surface area (Å²) < 4.78 is 5.74. The van der Waals surface area contributed by atoms with Gasteiger partial charge < -0.3 is 14.8 Å². The minimum Gasteiger partial charge on any atom is -0.457 e. The van der Waals surface area contributed by atoms with Crippen LogP contribution in [-0.2, 0) is 0 Å². The first-order chi connectivity index (χ1) is 9.06. The van der Waals surface area contributed by atoms with Crippen LogP contribution in [0, 0.1) is 0 Å². The van der Waals surface area contributed by atoms with Gasteiger partial charge in [-0.2, -0.15) is 0 Å². The fourth-order valence-corrected chi connectivity index (χ4v) is 1.78. The Morgan fingerprint density at radius 1 is 0.947 bits per heavy atom. The Hall–Kier alpha value is -1.78. The largest absolute Gasteiger partial charge is 0.488 e. The van der Waals surface area contributed by atoms with Gasteiger partial charge in [-0.15, -0.1) is 0 Å². The molecular formula is C15H17BO3. The van der Waals surface area contributed by atoms with E-state index in [1.807, 2.05) is 18.2 Å². The maximum absolute atomic E-state index is 9.02. The van der Waals surface area contributed by atoms with Crippen molar-refractivity contribution in [3.63, 3.8) is 0 Å². The lowest BCUT2D eigenvalue weighted by molar-refractivity contribution is 0.425. The standard InChI is InChI=1S/C15H17BO3/c1-11(2)12-4-3-5-15(10-12)19-14-8-6-13(7-9-14)16(17)18/h3-11,17-18H,1-2H3. The lowest BCUT2D eigenvalue weighted by atomic mass is 9.80. The zero-order valence-electron chi connectivity index (χ0n) is 11.1. The highest BCUT2D eigenvalue weighted by molar-refractivity contribution is 6.58. The molecule has 4 heteroatoms. The Bertz CT molecular complexity index is 535. The summed E-state index contributed by atoms with van der Waals surface area (Å²) in [6.07, 6.45) is 0. The molecule has 0 spiro atoms. The smallest absolute Gasteiger partial charge is 0.457 e. The molecule has 0 saturated heterocycles. The van der Waals surface area contributed by atoms with Crippen molar-refractivity contribution in [2.75, 3.05) is 0 Å². The molecule has 98 valence electrons. The first kappa shape index (κ1) is 13.7. The van der Waals surface area contributed by atoms with Crippen molar-refractivity contribution >= 4 is 12.6 Å². The van der Waals surface area contributed by atoms with Gasteiger partial charge in [0.15, 0.2) is 0 Å². The van der Waals surface area contributed by atoms with E-state index in [9.17, 15) is 0 Å². The number of hydrogen-bond donors (Lipinski definition) is 2. The molecule has 0 aliphatic heterocycles. The lowest BCUT2D eigenvalue weighted by Crippen LogP contribution is -2.29. The predicted octanol–water partition coefficient (Wildman–Crippen LogP) is 2.28. The second-order valence-electron chi connectivity index (χ2n) is 4.77. The molecule has 2 rings (SSSR count). The van der Waals surface area contributed by atoms with Crippen LogP contribution in [0.4, 0.5) is 0 Å². The Morgan fingerprint density at radius 3 is 2.21 bits per heavy atom. The van der Waals surface area contributed by atoms with Gasteiger partial charge in [-0.1, -0.05) is 38.1 Å². The van der Waals surface area contributed by atoms with E-state index in [2.05, 4.69) is 19.9 Å². The van der Waals surface area contributed by atoms with Gasteiger partial charge in [0.2, 0.25) is 0 Å². The predicted molar refractivity (Wildman–Crippen MR) is 76.9 cm³/mol. The van der Waals surface area contributed by atoms with Crippen molar-refractivity contribution in [2.24, 2.45) is 0 Å². The summed E-state index contributed by atoms with van der Waals surface area (Å²) in [4.78, 5) is 0. The summed E-state index contributed by atoms with van der Waals surface area (Å²) in [5.74, 6) is 1.91. The first-order valence-electron chi connectivity index (χ1n) is 6.30. The third-order valence-corrected chi connectivity index (χ3v) is 2.94. The van der Waals surface area contributed by atoms with Crippen LogP contribution in [0.2, 0.25) is 0 Å². The quantitative estimate of drug-likeness (QED) is 0.825. The molecule has 0 unspecified atom stereocenters. The summed E-state index contributed by atoms with van der Waals surface area (Å²) >= 11 is 0. The van der Waals surface area contributed by atoms with E-state index in [0.717, 1.165) is 5.75 Å². The van der Waals surface area contributed by atoms with Crippen LogP contribution in [0.5, 0.6) is 11.5 Å². The fraction of sp³-hybridized carbons (Fsp3) is 0.200. The average Bonchev–Trinajstić information content (AvgIpc) is 2.39. The molecule has 0 aromatic heterocycles.